The third kappa shape index (κ3) is 2.43. The van der Waals surface area contributed by atoms with Gasteiger partial charge >= 0.3 is 0 Å². The fraction of sp³-hybridized carbons (Fsp3) is 0.0833. The van der Waals surface area contributed by atoms with Crippen LogP contribution in [0.15, 0.2) is 30.3 Å². The first-order valence-corrected chi connectivity index (χ1v) is 6.05. The van der Waals surface area contributed by atoms with Crippen molar-refractivity contribution in [2.24, 2.45) is 0 Å². The van der Waals surface area contributed by atoms with Gasteiger partial charge in [0.05, 0.1) is 16.3 Å². The minimum absolute atomic E-state index is 0.140. The predicted octanol–water partition coefficient (Wildman–Crippen LogP) is 3.22. The topological polar surface area (TPSA) is 52.3 Å². The van der Waals surface area contributed by atoms with Gasteiger partial charge in [-0.1, -0.05) is 11.6 Å². The predicted molar refractivity (Wildman–Crippen MR) is 70.2 cm³/mol. The number of carbonyl (C=O) groups excluding carboxylic acids is 1. The fourth-order valence-corrected chi connectivity index (χ4v) is 2.43. The van der Waals surface area contributed by atoms with Crippen LogP contribution in [-0.2, 0) is 0 Å². The molecule has 1 aromatic heterocycles. The van der Waals surface area contributed by atoms with Crippen molar-refractivity contribution in [2.45, 2.75) is 0 Å². The number of methoxy groups -OCH3 is 1. The van der Waals surface area contributed by atoms with E-state index in [4.69, 9.17) is 22.1 Å². The molecule has 1 heterocycles. The van der Waals surface area contributed by atoms with Crippen molar-refractivity contribution in [2.75, 3.05) is 12.8 Å². The van der Waals surface area contributed by atoms with Crippen molar-refractivity contribution in [3.63, 3.8) is 0 Å². The molecule has 0 saturated heterocycles. The molecule has 1 aromatic carbocycles. The van der Waals surface area contributed by atoms with E-state index in [1.54, 1.807) is 37.4 Å². The molecule has 0 unspecified atom stereocenters. The van der Waals surface area contributed by atoms with Gasteiger partial charge in [-0.15, -0.1) is 11.3 Å². The van der Waals surface area contributed by atoms with E-state index in [0.717, 1.165) is 0 Å². The highest BCUT2D eigenvalue weighted by molar-refractivity contribution is 7.18. The van der Waals surface area contributed by atoms with Crippen molar-refractivity contribution < 1.29 is 9.53 Å². The van der Waals surface area contributed by atoms with Gasteiger partial charge in [-0.25, -0.2) is 0 Å². The van der Waals surface area contributed by atoms with Crippen LogP contribution in [0.1, 0.15) is 15.2 Å². The summed E-state index contributed by atoms with van der Waals surface area (Å²) < 4.78 is 5.65. The van der Waals surface area contributed by atoms with E-state index in [-0.39, 0.29) is 5.78 Å². The summed E-state index contributed by atoms with van der Waals surface area (Å²) in [5.41, 5.74) is 6.65. The summed E-state index contributed by atoms with van der Waals surface area (Å²) in [5, 5.41) is 0. The molecule has 0 aliphatic carbocycles. The summed E-state index contributed by atoms with van der Waals surface area (Å²) >= 11 is 7.03. The number of nitrogens with two attached hydrogens (primary N) is 1. The van der Waals surface area contributed by atoms with E-state index >= 15 is 0 Å². The SMILES string of the molecule is COc1ccc(N)c(C(=O)c2ccc(Cl)s2)c1. The molecule has 0 aliphatic rings. The molecule has 0 saturated carbocycles. The highest BCUT2D eigenvalue weighted by Crippen LogP contribution is 2.27. The summed E-state index contributed by atoms with van der Waals surface area (Å²) in [7, 11) is 1.54. The Morgan fingerprint density at radius 2 is 2.12 bits per heavy atom. The number of ketones is 1. The molecule has 0 amide bonds. The zero-order chi connectivity index (χ0) is 12.4. The summed E-state index contributed by atoms with van der Waals surface area (Å²) in [5.74, 6) is 0.462. The van der Waals surface area contributed by atoms with Crippen molar-refractivity contribution in [1.82, 2.24) is 0 Å². The number of benzene rings is 1. The smallest absolute Gasteiger partial charge is 0.205 e. The van der Waals surface area contributed by atoms with E-state index in [0.29, 0.717) is 26.2 Å². The van der Waals surface area contributed by atoms with Crippen LogP contribution in [0.5, 0.6) is 5.75 Å². The number of thiophene rings is 1. The monoisotopic (exact) mass is 267 g/mol. The maximum absolute atomic E-state index is 12.2. The number of halogens is 1. The molecule has 0 bridgehead atoms. The Morgan fingerprint density at radius 1 is 1.35 bits per heavy atom. The summed E-state index contributed by atoms with van der Waals surface area (Å²) in [6.45, 7) is 0. The van der Waals surface area contributed by atoms with Gasteiger partial charge in [0, 0.05) is 11.3 Å². The van der Waals surface area contributed by atoms with E-state index in [1.165, 1.54) is 11.3 Å². The number of hydrogen-bond donors (Lipinski definition) is 1. The van der Waals surface area contributed by atoms with Gasteiger partial charge in [-0.3, -0.25) is 4.79 Å². The van der Waals surface area contributed by atoms with Gasteiger partial charge in [-0.05, 0) is 30.3 Å². The molecular formula is C12H10ClNO2S. The molecular weight excluding hydrogens is 258 g/mol. The van der Waals surface area contributed by atoms with Crippen LogP contribution in [0.3, 0.4) is 0 Å². The van der Waals surface area contributed by atoms with Crippen LogP contribution in [0.2, 0.25) is 4.34 Å². The average molecular weight is 268 g/mol. The fourth-order valence-electron chi connectivity index (χ4n) is 1.43. The molecule has 3 nitrogen and oxygen atoms in total. The van der Waals surface area contributed by atoms with Gasteiger partial charge in [0.2, 0.25) is 5.78 Å². The Balaban J connectivity index is 2.43. The van der Waals surface area contributed by atoms with Crippen molar-refractivity contribution >= 4 is 34.4 Å². The summed E-state index contributed by atoms with van der Waals surface area (Å²) in [6, 6.07) is 8.38. The first-order chi connectivity index (χ1) is 8.11. The van der Waals surface area contributed by atoms with Crippen LogP contribution in [0, 0.1) is 0 Å². The van der Waals surface area contributed by atoms with E-state index in [9.17, 15) is 4.79 Å². The van der Waals surface area contributed by atoms with Crippen LogP contribution < -0.4 is 10.5 Å². The van der Waals surface area contributed by atoms with Crippen LogP contribution >= 0.6 is 22.9 Å². The molecule has 5 heteroatoms. The molecule has 0 spiro atoms. The van der Waals surface area contributed by atoms with Crippen LogP contribution in [0.4, 0.5) is 5.69 Å². The molecule has 0 fully saturated rings. The van der Waals surface area contributed by atoms with Crippen molar-refractivity contribution in [3.05, 3.63) is 45.1 Å². The lowest BCUT2D eigenvalue weighted by Crippen LogP contribution is -2.04. The molecule has 0 radical (unpaired) electrons. The van der Waals surface area contributed by atoms with E-state index in [1.807, 2.05) is 0 Å². The quantitative estimate of drug-likeness (QED) is 0.686. The molecule has 0 atom stereocenters. The number of rotatable bonds is 3. The lowest BCUT2D eigenvalue weighted by molar-refractivity contribution is 0.104. The van der Waals surface area contributed by atoms with Gasteiger partial charge in [0.25, 0.3) is 0 Å². The maximum Gasteiger partial charge on any atom is 0.205 e. The molecule has 17 heavy (non-hydrogen) atoms. The third-order valence-electron chi connectivity index (χ3n) is 2.30. The van der Waals surface area contributed by atoms with E-state index in [2.05, 4.69) is 0 Å². The molecule has 2 N–H and O–H groups in total. The first-order valence-electron chi connectivity index (χ1n) is 4.85. The number of carbonyl (C=O) groups is 1. The molecule has 2 rings (SSSR count). The highest BCUT2D eigenvalue weighted by atomic mass is 35.5. The number of anilines is 1. The van der Waals surface area contributed by atoms with E-state index < -0.39 is 0 Å². The second-order valence-electron chi connectivity index (χ2n) is 3.39. The largest absolute Gasteiger partial charge is 0.497 e. The van der Waals surface area contributed by atoms with Crippen molar-refractivity contribution in [1.29, 1.82) is 0 Å². The number of nitrogen functional groups attached to an aromatic ring is 1. The van der Waals surface area contributed by atoms with Crippen molar-refractivity contribution in [3.8, 4) is 5.75 Å². The molecule has 88 valence electrons. The Morgan fingerprint density at radius 3 is 2.71 bits per heavy atom. The zero-order valence-electron chi connectivity index (χ0n) is 9.07. The molecule has 0 aliphatic heterocycles. The standard InChI is InChI=1S/C12H10ClNO2S/c1-16-7-2-3-9(14)8(6-7)12(15)10-4-5-11(13)17-10/h2-6H,14H2,1H3. The Kier molecular flexibility index (Phi) is 3.36. The number of hydrogen-bond acceptors (Lipinski definition) is 4. The Labute approximate surface area is 108 Å². The summed E-state index contributed by atoms with van der Waals surface area (Å²) in [6.07, 6.45) is 0. The minimum Gasteiger partial charge on any atom is -0.497 e. The Hall–Kier alpha value is -1.52. The van der Waals surface area contributed by atoms with Crippen LogP contribution in [0.25, 0.3) is 0 Å². The van der Waals surface area contributed by atoms with Gasteiger partial charge in [0.1, 0.15) is 5.75 Å². The van der Waals surface area contributed by atoms with Crippen LogP contribution in [-0.4, -0.2) is 12.9 Å². The number of ether oxygens (including phenoxy) is 1. The Bertz CT molecular complexity index is 565. The summed E-state index contributed by atoms with van der Waals surface area (Å²) in [4.78, 5) is 12.7. The second-order valence-corrected chi connectivity index (χ2v) is 5.10. The maximum atomic E-state index is 12.2. The second kappa shape index (κ2) is 4.77. The lowest BCUT2D eigenvalue weighted by atomic mass is 10.1. The average Bonchev–Trinajstić information content (AvgIpc) is 2.76. The lowest BCUT2D eigenvalue weighted by Gasteiger charge is -2.06. The minimum atomic E-state index is -0.140. The van der Waals surface area contributed by atoms with Gasteiger partial charge < -0.3 is 10.5 Å². The zero-order valence-corrected chi connectivity index (χ0v) is 10.6. The van der Waals surface area contributed by atoms with Gasteiger partial charge in [-0.2, -0.15) is 0 Å². The third-order valence-corrected chi connectivity index (χ3v) is 3.53. The highest BCUT2D eigenvalue weighted by Gasteiger charge is 2.15. The van der Waals surface area contributed by atoms with Gasteiger partial charge in [0.15, 0.2) is 0 Å². The molecule has 2 aromatic rings. The normalized spacial score (nSPS) is 10.2. The first kappa shape index (κ1) is 12.0.